The highest BCUT2D eigenvalue weighted by Gasteiger charge is 2.18. The Kier molecular flexibility index (Phi) is 10.2. The Morgan fingerprint density at radius 3 is 1.44 bits per heavy atom. The molecule has 0 unspecified atom stereocenters. The van der Waals surface area contributed by atoms with Gasteiger partial charge >= 0.3 is 0 Å². The minimum atomic E-state index is 0.430. The predicted octanol–water partition coefficient (Wildman–Crippen LogP) is 15.1. The van der Waals surface area contributed by atoms with E-state index in [4.69, 9.17) is 9.97 Å². The molecule has 0 fully saturated rings. The molecule has 308 valence electrons. The van der Waals surface area contributed by atoms with Crippen LogP contribution in [0.2, 0.25) is 0 Å². The normalized spacial score (nSPS) is 11.0. The Bertz CT molecular complexity index is 3520. The molecule has 66 heavy (non-hydrogen) atoms. The van der Waals surface area contributed by atoms with Crippen LogP contribution in [-0.4, -0.2) is 14.5 Å². The predicted molar refractivity (Wildman–Crippen MR) is 268 cm³/mol. The first-order valence-electron chi connectivity index (χ1n) is 21.8. The monoisotopic (exact) mass is 842 g/mol. The van der Waals surface area contributed by atoms with Crippen LogP contribution in [0.5, 0.6) is 0 Å². The summed E-state index contributed by atoms with van der Waals surface area (Å²) in [7, 11) is 0. The Labute approximate surface area is 382 Å². The number of rotatable bonds is 9. The van der Waals surface area contributed by atoms with Gasteiger partial charge in [0.1, 0.15) is 0 Å². The van der Waals surface area contributed by atoms with Gasteiger partial charge in [0.15, 0.2) is 5.82 Å². The number of nitrogens with zero attached hydrogens (tertiary/aromatic N) is 6. The quantitative estimate of drug-likeness (QED) is 0.145. The summed E-state index contributed by atoms with van der Waals surface area (Å²) in [6.45, 7) is 0. The van der Waals surface area contributed by atoms with Gasteiger partial charge < -0.3 is 9.47 Å². The SMILES string of the molecule is N#Cc1ccccc1-c1cc(-c2ccc(-c3ccc(-c4ccc(-n5c6ccccc6c6cc(N(c7ccccc7)c7ccccc7)ccc65)cc4)cc3)cc2)nc(-c2ccccc2C#N)n1. The molecule has 0 N–H and O–H groups in total. The van der Waals surface area contributed by atoms with E-state index >= 15 is 0 Å². The summed E-state index contributed by atoms with van der Waals surface area (Å²) in [6, 6.07) is 83.5. The maximum absolute atomic E-state index is 9.90. The molecule has 2 aromatic heterocycles. The molecular formula is C60H38N6. The van der Waals surface area contributed by atoms with Crippen LogP contribution in [0.25, 0.3) is 83.6 Å². The number of benzene rings is 9. The minimum absolute atomic E-state index is 0.430. The molecule has 0 saturated carbocycles. The van der Waals surface area contributed by atoms with Crippen molar-refractivity contribution in [3.8, 4) is 74.0 Å². The molecule has 2 heterocycles. The van der Waals surface area contributed by atoms with E-state index in [-0.39, 0.29) is 0 Å². The second kappa shape index (κ2) is 17.1. The minimum Gasteiger partial charge on any atom is -0.310 e. The number of hydrogen-bond acceptors (Lipinski definition) is 5. The Morgan fingerprint density at radius 1 is 0.364 bits per heavy atom. The first kappa shape index (κ1) is 39.5. The lowest BCUT2D eigenvalue weighted by Crippen LogP contribution is -2.09. The first-order chi connectivity index (χ1) is 32.6. The van der Waals surface area contributed by atoms with Gasteiger partial charge in [-0.1, -0.05) is 146 Å². The van der Waals surface area contributed by atoms with Gasteiger partial charge in [-0.25, -0.2) is 9.97 Å². The average Bonchev–Trinajstić information content (AvgIpc) is 3.73. The lowest BCUT2D eigenvalue weighted by Gasteiger charge is -2.25. The lowest BCUT2D eigenvalue weighted by atomic mass is 9.98. The van der Waals surface area contributed by atoms with E-state index in [0.717, 1.165) is 61.6 Å². The number of fused-ring (bicyclic) bond motifs is 3. The fourth-order valence-electron chi connectivity index (χ4n) is 8.90. The van der Waals surface area contributed by atoms with Crippen LogP contribution >= 0.6 is 0 Å². The molecule has 0 radical (unpaired) electrons. The molecule has 0 atom stereocenters. The van der Waals surface area contributed by atoms with Crippen LogP contribution in [0.3, 0.4) is 0 Å². The lowest BCUT2D eigenvalue weighted by molar-refractivity contribution is 1.18. The van der Waals surface area contributed by atoms with E-state index in [9.17, 15) is 10.5 Å². The largest absolute Gasteiger partial charge is 0.310 e. The molecule has 0 aliphatic heterocycles. The molecule has 0 amide bonds. The van der Waals surface area contributed by atoms with Gasteiger partial charge in [-0.15, -0.1) is 0 Å². The summed E-state index contributed by atoms with van der Waals surface area (Å²) in [4.78, 5) is 12.1. The van der Waals surface area contributed by atoms with E-state index in [1.54, 1.807) is 12.1 Å². The van der Waals surface area contributed by atoms with Gasteiger partial charge in [0.25, 0.3) is 0 Å². The summed E-state index contributed by atoms with van der Waals surface area (Å²) in [5.41, 5.74) is 15.7. The topological polar surface area (TPSA) is 81.5 Å². The molecule has 0 bridgehead atoms. The number of nitriles is 2. The summed E-state index contributed by atoms with van der Waals surface area (Å²) in [5, 5.41) is 22.2. The first-order valence-corrected chi connectivity index (χ1v) is 21.8. The number of aromatic nitrogens is 3. The summed E-state index contributed by atoms with van der Waals surface area (Å²) >= 11 is 0. The van der Waals surface area contributed by atoms with Gasteiger partial charge in [-0.05, 0) is 107 Å². The van der Waals surface area contributed by atoms with E-state index in [2.05, 4.69) is 198 Å². The van der Waals surface area contributed by atoms with Crippen molar-refractivity contribution >= 4 is 38.9 Å². The molecule has 0 aliphatic rings. The van der Waals surface area contributed by atoms with Crippen molar-refractivity contribution < 1.29 is 0 Å². The summed E-state index contributed by atoms with van der Waals surface area (Å²) in [6.07, 6.45) is 0. The molecule has 9 aromatic carbocycles. The third kappa shape index (κ3) is 7.31. The maximum Gasteiger partial charge on any atom is 0.161 e. The van der Waals surface area contributed by atoms with Crippen LogP contribution in [0, 0.1) is 22.7 Å². The Hall–Kier alpha value is -9.36. The highest BCUT2D eigenvalue weighted by atomic mass is 15.1. The molecule has 0 aliphatic carbocycles. The van der Waals surface area contributed by atoms with Crippen molar-refractivity contribution in [1.29, 1.82) is 10.5 Å². The molecule has 0 spiro atoms. The van der Waals surface area contributed by atoms with E-state index in [1.807, 2.05) is 42.5 Å². The number of para-hydroxylation sites is 3. The molecule has 6 heteroatoms. The molecule has 11 aromatic rings. The van der Waals surface area contributed by atoms with Crippen LogP contribution in [0.1, 0.15) is 11.1 Å². The van der Waals surface area contributed by atoms with E-state index < -0.39 is 0 Å². The van der Waals surface area contributed by atoms with Crippen LogP contribution < -0.4 is 4.90 Å². The van der Waals surface area contributed by atoms with Crippen molar-refractivity contribution in [1.82, 2.24) is 14.5 Å². The van der Waals surface area contributed by atoms with Crippen molar-refractivity contribution in [3.05, 3.63) is 242 Å². The molecular weight excluding hydrogens is 805 g/mol. The molecule has 0 saturated heterocycles. The third-order valence-corrected chi connectivity index (χ3v) is 12.1. The van der Waals surface area contributed by atoms with Crippen molar-refractivity contribution in [2.24, 2.45) is 0 Å². The van der Waals surface area contributed by atoms with Gasteiger partial charge in [0, 0.05) is 50.2 Å². The second-order valence-corrected chi connectivity index (χ2v) is 16.0. The van der Waals surface area contributed by atoms with Crippen LogP contribution in [-0.2, 0) is 0 Å². The highest BCUT2D eigenvalue weighted by Crippen LogP contribution is 2.40. The van der Waals surface area contributed by atoms with Gasteiger partial charge in [0.2, 0.25) is 0 Å². The van der Waals surface area contributed by atoms with Crippen molar-refractivity contribution in [2.75, 3.05) is 4.90 Å². The standard InChI is InChI=1S/C60H38N6/c61-39-46-13-7-9-19-52(46)57-38-56(63-60(64-57)53-20-10-8-14-47(53)40-62)45-29-27-43(28-30-45)41-23-25-42(26-24-41)44-31-33-50(34-32-44)66-58-22-12-11-21-54(58)55-37-51(35-36-59(55)66)65(48-15-3-1-4-16-48)49-17-5-2-6-18-49/h1-38H. The number of anilines is 3. The fourth-order valence-corrected chi connectivity index (χ4v) is 8.90. The average molecular weight is 843 g/mol. The molecule has 6 nitrogen and oxygen atoms in total. The summed E-state index contributed by atoms with van der Waals surface area (Å²) < 4.78 is 2.36. The highest BCUT2D eigenvalue weighted by molar-refractivity contribution is 6.10. The summed E-state index contributed by atoms with van der Waals surface area (Å²) in [5.74, 6) is 0.430. The zero-order valence-electron chi connectivity index (χ0n) is 35.6. The van der Waals surface area contributed by atoms with Gasteiger partial charge in [-0.3, -0.25) is 0 Å². The maximum atomic E-state index is 9.90. The number of hydrogen-bond donors (Lipinski definition) is 0. The van der Waals surface area contributed by atoms with Crippen LogP contribution in [0.4, 0.5) is 17.1 Å². The van der Waals surface area contributed by atoms with Crippen molar-refractivity contribution in [2.45, 2.75) is 0 Å². The van der Waals surface area contributed by atoms with Crippen LogP contribution in [0.15, 0.2) is 231 Å². The molecule has 11 rings (SSSR count). The third-order valence-electron chi connectivity index (χ3n) is 12.1. The Morgan fingerprint density at radius 2 is 0.833 bits per heavy atom. The Balaban J connectivity index is 0.880. The van der Waals surface area contributed by atoms with E-state index in [1.165, 1.54) is 10.8 Å². The van der Waals surface area contributed by atoms with E-state index in [0.29, 0.717) is 39.5 Å². The van der Waals surface area contributed by atoms with Crippen molar-refractivity contribution in [3.63, 3.8) is 0 Å². The smallest absolute Gasteiger partial charge is 0.161 e. The van der Waals surface area contributed by atoms with Gasteiger partial charge in [0.05, 0.1) is 45.7 Å². The second-order valence-electron chi connectivity index (χ2n) is 16.0. The zero-order valence-corrected chi connectivity index (χ0v) is 35.6. The van der Waals surface area contributed by atoms with Gasteiger partial charge in [-0.2, -0.15) is 10.5 Å². The zero-order chi connectivity index (χ0) is 44.4. The fraction of sp³-hybridized carbons (Fsp3) is 0.